The first-order valence-corrected chi connectivity index (χ1v) is 13.3. The Balaban J connectivity index is 1.39. The molecule has 1 aliphatic heterocycles. The predicted molar refractivity (Wildman–Crippen MR) is 124 cm³/mol. The lowest BCUT2D eigenvalue weighted by Crippen LogP contribution is -2.50. The number of nitrogens with zero attached hydrogens (tertiary/aromatic N) is 4. The molecule has 4 rings (SSSR count). The number of hydrogen-bond acceptors (Lipinski definition) is 7. The molecular weight excluding hydrogens is 471 g/mol. The summed E-state index contributed by atoms with van der Waals surface area (Å²) in [4.78, 5) is 25.7. The van der Waals surface area contributed by atoms with Crippen molar-refractivity contribution in [3.63, 3.8) is 0 Å². The van der Waals surface area contributed by atoms with E-state index in [2.05, 4.69) is 16.9 Å². The largest absolute Gasteiger partial charge is 0.339 e. The number of thiophene rings is 1. The number of aryl methyl sites for hydroxylation is 3. The Morgan fingerprint density at radius 3 is 2.41 bits per heavy atom. The van der Waals surface area contributed by atoms with Gasteiger partial charge in [0.2, 0.25) is 15.9 Å². The lowest BCUT2D eigenvalue weighted by Gasteiger charge is -2.34. The molecule has 0 atom stereocenters. The average Bonchev–Trinajstić information content (AvgIpc) is 3.05. The number of piperazine rings is 1. The van der Waals surface area contributed by atoms with E-state index in [9.17, 15) is 17.6 Å². The van der Waals surface area contributed by atoms with E-state index in [1.54, 1.807) is 16.2 Å². The quantitative estimate of drug-likeness (QED) is 0.399. The number of sulfonamides is 1. The standard InChI is InChI=1S/C21H23FN4O3S3/c1-13-14(2)31-21-19(13)20(23-15(3)24-21)30-12-18(27)25-8-10-26(11-9-25)32(28,29)17-6-4-16(22)5-7-17/h4-7H,8-12H2,1-3H3. The number of carbonyl (C=O) groups excluding carboxylic acids is 1. The zero-order chi connectivity index (χ0) is 23.0. The third kappa shape index (κ3) is 4.52. The smallest absolute Gasteiger partial charge is 0.243 e. The molecule has 1 fully saturated rings. The molecule has 170 valence electrons. The van der Waals surface area contributed by atoms with E-state index in [-0.39, 0.29) is 29.6 Å². The Hall–Kier alpha value is -2.08. The van der Waals surface area contributed by atoms with E-state index < -0.39 is 15.8 Å². The maximum absolute atomic E-state index is 13.1. The fourth-order valence-electron chi connectivity index (χ4n) is 3.57. The van der Waals surface area contributed by atoms with E-state index in [0.29, 0.717) is 18.9 Å². The van der Waals surface area contributed by atoms with Crippen molar-refractivity contribution in [1.82, 2.24) is 19.2 Å². The lowest BCUT2D eigenvalue weighted by molar-refractivity contribution is -0.129. The number of rotatable bonds is 5. The van der Waals surface area contributed by atoms with E-state index in [1.165, 1.54) is 33.1 Å². The van der Waals surface area contributed by atoms with Crippen LogP contribution in [0.3, 0.4) is 0 Å². The van der Waals surface area contributed by atoms with Gasteiger partial charge in [-0.15, -0.1) is 11.3 Å². The summed E-state index contributed by atoms with van der Waals surface area (Å²) in [7, 11) is -3.71. The third-order valence-corrected chi connectivity index (χ3v) is 9.46. The Morgan fingerprint density at radius 1 is 1.09 bits per heavy atom. The number of carbonyl (C=O) groups is 1. The molecule has 7 nitrogen and oxygen atoms in total. The highest BCUT2D eigenvalue weighted by atomic mass is 32.2. The minimum Gasteiger partial charge on any atom is -0.339 e. The number of halogens is 1. The molecule has 32 heavy (non-hydrogen) atoms. The first-order valence-electron chi connectivity index (χ1n) is 10.1. The summed E-state index contributed by atoms with van der Waals surface area (Å²) in [6.45, 7) is 6.97. The van der Waals surface area contributed by atoms with Gasteiger partial charge in [-0.25, -0.2) is 22.8 Å². The minimum atomic E-state index is -3.71. The normalized spacial score (nSPS) is 15.4. The number of aromatic nitrogens is 2. The molecule has 0 bridgehead atoms. The van der Waals surface area contributed by atoms with E-state index in [1.807, 2.05) is 13.8 Å². The second-order valence-corrected chi connectivity index (χ2v) is 11.7. The molecule has 11 heteroatoms. The summed E-state index contributed by atoms with van der Waals surface area (Å²) in [6.07, 6.45) is 0. The van der Waals surface area contributed by atoms with Crippen LogP contribution in [0.2, 0.25) is 0 Å². The van der Waals surface area contributed by atoms with Crippen LogP contribution < -0.4 is 0 Å². The van der Waals surface area contributed by atoms with Gasteiger partial charge in [0.1, 0.15) is 21.5 Å². The lowest BCUT2D eigenvalue weighted by atomic mass is 10.2. The molecule has 1 aromatic carbocycles. The minimum absolute atomic E-state index is 0.0529. The zero-order valence-corrected chi connectivity index (χ0v) is 20.4. The number of benzene rings is 1. The van der Waals surface area contributed by atoms with Gasteiger partial charge in [0.15, 0.2) is 0 Å². The SMILES string of the molecule is Cc1nc(SCC(=O)N2CCN(S(=O)(=O)c3ccc(F)cc3)CC2)c2c(C)c(C)sc2n1. The Bertz CT molecular complexity index is 1270. The van der Waals surface area contributed by atoms with Gasteiger partial charge in [0, 0.05) is 36.4 Å². The van der Waals surface area contributed by atoms with Crippen LogP contribution in [0.25, 0.3) is 10.2 Å². The van der Waals surface area contributed by atoms with Crippen molar-refractivity contribution in [1.29, 1.82) is 0 Å². The fourth-order valence-corrected chi connectivity index (χ4v) is 7.17. The molecule has 1 aliphatic rings. The Labute approximate surface area is 194 Å². The molecule has 0 spiro atoms. The topological polar surface area (TPSA) is 83.5 Å². The molecule has 3 aromatic rings. The molecular formula is C21H23FN4O3S3. The third-order valence-electron chi connectivity index (χ3n) is 5.48. The molecule has 3 heterocycles. The summed E-state index contributed by atoms with van der Waals surface area (Å²) in [5, 5.41) is 1.81. The highest BCUT2D eigenvalue weighted by Crippen LogP contribution is 2.35. The van der Waals surface area contributed by atoms with Crippen LogP contribution in [-0.2, 0) is 14.8 Å². The maximum Gasteiger partial charge on any atom is 0.243 e. The van der Waals surface area contributed by atoms with Gasteiger partial charge in [-0.1, -0.05) is 11.8 Å². The number of amides is 1. The molecule has 2 aromatic heterocycles. The monoisotopic (exact) mass is 494 g/mol. The number of fused-ring (bicyclic) bond motifs is 1. The molecule has 1 saturated heterocycles. The number of hydrogen-bond donors (Lipinski definition) is 0. The van der Waals surface area contributed by atoms with Crippen LogP contribution in [0.4, 0.5) is 4.39 Å². The second-order valence-electron chi connectivity index (χ2n) is 7.57. The van der Waals surface area contributed by atoms with Crippen molar-refractivity contribution >= 4 is 49.2 Å². The molecule has 0 unspecified atom stereocenters. The van der Waals surface area contributed by atoms with E-state index >= 15 is 0 Å². The van der Waals surface area contributed by atoms with Crippen LogP contribution >= 0.6 is 23.1 Å². The highest BCUT2D eigenvalue weighted by Gasteiger charge is 2.30. The highest BCUT2D eigenvalue weighted by molar-refractivity contribution is 8.00. The van der Waals surface area contributed by atoms with Crippen molar-refractivity contribution in [3.8, 4) is 0 Å². The molecule has 0 N–H and O–H groups in total. The zero-order valence-electron chi connectivity index (χ0n) is 18.0. The van der Waals surface area contributed by atoms with Crippen LogP contribution in [-0.4, -0.2) is 65.4 Å². The summed E-state index contributed by atoms with van der Waals surface area (Å²) in [5.41, 5.74) is 1.14. The molecule has 1 amide bonds. The van der Waals surface area contributed by atoms with Gasteiger partial charge in [-0.3, -0.25) is 4.79 Å². The van der Waals surface area contributed by atoms with Crippen LogP contribution in [0.15, 0.2) is 34.2 Å². The van der Waals surface area contributed by atoms with Gasteiger partial charge in [0.25, 0.3) is 0 Å². The summed E-state index contributed by atoms with van der Waals surface area (Å²) >= 11 is 3.02. The summed E-state index contributed by atoms with van der Waals surface area (Å²) < 4.78 is 40.0. The van der Waals surface area contributed by atoms with E-state index in [4.69, 9.17) is 0 Å². The Kier molecular flexibility index (Phi) is 6.53. The van der Waals surface area contributed by atoms with Gasteiger partial charge in [0.05, 0.1) is 10.6 Å². The average molecular weight is 495 g/mol. The van der Waals surface area contributed by atoms with Crippen molar-refractivity contribution in [2.24, 2.45) is 0 Å². The van der Waals surface area contributed by atoms with Crippen LogP contribution in [0.1, 0.15) is 16.3 Å². The predicted octanol–water partition coefficient (Wildman–Crippen LogP) is 3.38. The fraction of sp³-hybridized carbons (Fsp3) is 0.381. The van der Waals surface area contributed by atoms with Crippen LogP contribution in [0, 0.1) is 26.6 Å². The maximum atomic E-state index is 13.1. The van der Waals surface area contributed by atoms with Gasteiger partial charge in [-0.05, 0) is 50.6 Å². The van der Waals surface area contributed by atoms with Crippen molar-refractivity contribution in [3.05, 3.63) is 46.3 Å². The van der Waals surface area contributed by atoms with Gasteiger partial charge in [-0.2, -0.15) is 4.31 Å². The van der Waals surface area contributed by atoms with Gasteiger partial charge < -0.3 is 4.90 Å². The summed E-state index contributed by atoms with van der Waals surface area (Å²) in [5.74, 6) is 0.363. The molecule has 0 saturated carbocycles. The first-order chi connectivity index (χ1) is 15.2. The first kappa shape index (κ1) is 23.1. The van der Waals surface area contributed by atoms with Crippen LogP contribution in [0.5, 0.6) is 0 Å². The second kappa shape index (κ2) is 9.05. The Morgan fingerprint density at radius 2 is 1.75 bits per heavy atom. The number of thioether (sulfide) groups is 1. The van der Waals surface area contributed by atoms with Crippen molar-refractivity contribution < 1.29 is 17.6 Å². The van der Waals surface area contributed by atoms with Gasteiger partial charge >= 0.3 is 0 Å². The van der Waals surface area contributed by atoms with Crippen molar-refractivity contribution in [2.75, 3.05) is 31.9 Å². The molecule has 0 radical (unpaired) electrons. The molecule has 0 aliphatic carbocycles. The van der Waals surface area contributed by atoms with Crippen molar-refractivity contribution in [2.45, 2.75) is 30.7 Å². The van der Waals surface area contributed by atoms with E-state index in [0.717, 1.165) is 32.9 Å². The summed E-state index contributed by atoms with van der Waals surface area (Å²) in [6, 6.07) is 4.79.